The lowest BCUT2D eigenvalue weighted by atomic mass is 9.96. The van der Waals surface area contributed by atoms with Crippen molar-refractivity contribution in [3.05, 3.63) is 152 Å². The number of fused-ring (bicyclic) bond motifs is 7. The first kappa shape index (κ1) is 23.9. The highest BCUT2D eigenvalue weighted by molar-refractivity contribution is 6.20. The molecule has 9 aromatic rings. The predicted molar refractivity (Wildman–Crippen MR) is 180 cm³/mol. The topological polar surface area (TPSA) is 30.7 Å². The maximum atomic E-state index is 4.84. The van der Waals surface area contributed by atoms with E-state index in [-0.39, 0.29) is 0 Å². The summed E-state index contributed by atoms with van der Waals surface area (Å²) in [5.41, 5.74) is 10.3. The fraction of sp³-hybridized carbons (Fsp3) is 0. The van der Waals surface area contributed by atoms with E-state index in [0.717, 1.165) is 22.1 Å². The summed E-state index contributed by atoms with van der Waals surface area (Å²) < 4.78 is 2.35. The lowest BCUT2D eigenvalue weighted by Crippen LogP contribution is -1.93. The molecular formula is C40H25N3. The van der Waals surface area contributed by atoms with Gasteiger partial charge >= 0.3 is 0 Å². The minimum absolute atomic E-state index is 1.02. The highest BCUT2D eigenvalue weighted by Crippen LogP contribution is 2.39. The van der Waals surface area contributed by atoms with Crippen molar-refractivity contribution in [2.45, 2.75) is 0 Å². The molecule has 0 bridgehead atoms. The second-order valence-electron chi connectivity index (χ2n) is 11.1. The van der Waals surface area contributed by atoms with Crippen LogP contribution < -0.4 is 0 Å². The van der Waals surface area contributed by atoms with Gasteiger partial charge in [0.05, 0.1) is 22.1 Å². The number of benzene rings is 6. The molecule has 0 atom stereocenters. The third-order valence-corrected chi connectivity index (χ3v) is 8.65. The van der Waals surface area contributed by atoms with Crippen molar-refractivity contribution in [3.63, 3.8) is 0 Å². The molecular weight excluding hydrogens is 522 g/mol. The number of nitrogens with zero attached hydrogens (tertiary/aromatic N) is 3. The summed E-state index contributed by atoms with van der Waals surface area (Å²) in [6.07, 6.45) is 3.79. The highest BCUT2D eigenvalue weighted by atomic mass is 15.0. The second kappa shape index (κ2) is 9.37. The van der Waals surface area contributed by atoms with E-state index in [0.29, 0.717) is 0 Å². The van der Waals surface area contributed by atoms with Gasteiger partial charge in [-0.1, -0.05) is 78.9 Å². The van der Waals surface area contributed by atoms with Gasteiger partial charge < -0.3 is 4.57 Å². The third-order valence-electron chi connectivity index (χ3n) is 8.65. The van der Waals surface area contributed by atoms with Crippen LogP contribution in [0.2, 0.25) is 0 Å². The number of aromatic nitrogens is 3. The van der Waals surface area contributed by atoms with Crippen LogP contribution in [0.3, 0.4) is 0 Å². The molecule has 9 rings (SSSR count). The van der Waals surface area contributed by atoms with Crippen LogP contribution in [0.4, 0.5) is 0 Å². The van der Waals surface area contributed by atoms with E-state index >= 15 is 0 Å². The first-order valence-electron chi connectivity index (χ1n) is 14.6. The maximum Gasteiger partial charge on any atom is 0.0802 e. The Kier molecular flexibility index (Phi) is 5.20. The van der Waals surface area contributed by atoms with Gasteiger partial charge in [0.1, 0.15) is 0 Å². The average Bonchev–Trinajstić information content (AvgIpc) is 3.42. The standard InChI is InChI=1S/C40H25N3/c1-2-8-32(9-3-1)43-37-18-17-30(25-35(37)39-38(43)19-16-26-7-6-21-42-40(26)39)28-12-13-29-24-31(15-14-27(29)23-28)33-20-22-41-36-11-5-4-10-34(33)36/h1-25H. The van der Waals surface area contributed by atoms with Gasteiger partial charge in [-0.2, -0.15) is 0 Å². The lowest BCUT2D eigenvalue weighted by Gasteiger charge is -2.10. The Morgan fingerprint density at radius 2 is 1.16 bits per heavy atom. The Labute approximate surface area is 248 Å². The van der Waals surface area contributed by atoms with Crippen molar-refractivity contribution < 1.29 is 0 Å². The average molecular weight is 548 g/mol. The van der Waals surface area contributed by atoms with E-state index < -0.39 is 0 Å². The molecule has 0 spiro atoms. The Morgan fingerprint density at radius 1 is 0.442 bits per heavy atom. The Morgan fingerprint density at radius 3 is 2.07 bits per heavy atom. The maximum absolute atomic E-state index is 4.84. The highest BCUT2D eigenvalue weighted by Gasteiger charge is 2.16. The molecule has 0 unspecified atom stereocenters. The van der Waals surface area contributed by atoms with Crippen LogP contribution in [0, 0.1) is 0 Å². The van der Waals surface area contributed by atoms with Gasteiger partial charge in [-0.25, -0.2) is 0 Å². The van der Waals surface area contributed by atoms with Crippen LogP contribution >= 0.6 is 0 Å². The SMILES string of the molecule is c1ccc(-n2c3ccc(-c4ccc5cc(-c6ccnc7ccccc67)ccc5c4)cc3c3c4ncccc4ccc32)cc1. The van der Waals surface area contributed by atoms with E-state index in [1.807, 2.05) is 24.5 Å². The lowest BCUT2D eigenvalue weighted by molar-refractivity contribution is 1.18. The molecule has 0 aliphatic heterocycles. The number of hydrogen-bond acceptors (Lipinski definition) is 2. The van der Waals surface area contributed by atoms with Gasteiger partial charge in [0.25, 0.3) is 0 Å². The third kappa shape index (κ3) is 3.75. The molecule has 0 aliphatic carbocycles. The molecule has 0 aliphatic rings. The van der Waals surface area contributed by atoms with Gasteiger partial charge in [-0.3, -0.25) is 9.97 Å². The minimum Gasteiger partial charge on any atom is -0.309 e. The zero-order valence-electron chi connectivity index (χ0n) is 23.3. The van der Waals surface area contributed by atoms with Crippen LogP contribution in [0.15, 0.2) is 152 Å². The molecule has 3 aromatic heterocycles. The van der Waals surface area contributed by atoms with Gasteiger partial charge in [0.2, 0.25) is 0 Å². The Balaban J connectivity index is 1.22. The molecule has 0 radical (unpaired) electrons. The van der Waals surface area contributed by atoms with Gasteiger partial charge in [0, 0.05) is 39.6 Å². The number of hydrogen-bond donors (Lipinski definition) is 0. The van der Waals surface area contributed by atoms with Gasteiger partial charge in [-0.15, -0.1) is 0 Å². The van der Waals surface area contributed by atoms with E-state index in [4.69, 9.17) is 4.98 Å². The van der Waals surface area contributed by atoms with Gasteiger partial charge in [-0.05, 0) is 93.7 Å². The van der Waals surface area contributed by atoms with Crippen LogP contribution in [-0.4, -0.2) is 14.5 Å². The van der Waals surface area contributed by atoms with Crippen molar-refractivity contribution in [2.24, 2.45) is 0 Å². The molecule has 3 heteroatoms. The van der Waals surface area contributed by atoms with E-state index in [1.54, 1.807) is 0 Å². The summed E-state index contributed by atoms with van der Waals surface area (Å²) in [7, 11) is 0. The molecule has 0 amide bonds. The minimum atomic E-state index is 1.02. The molecule has 3 heterocycles. The second-order valence-corrected chi connectivity index (χ2v) is 11.1. The first-order chi connectivity index (χ1) is 21.3. The molecule has 0 N–H and O–H groups in total. The fourth-order valence-corrected chi connectivity index (χ4v) is 6.62. The monoisotopic (exact) mass is 547 g/mol. The largest absolute Gasteiger partial charge is 0.309 e. The molecule has 200 valence electrons. The summed E-state index contributed by atoms with van der Waals surface area (Å²) in [6.45, 7) is 0. The Hall–Kier alpha value is -5.80. The first-order valence-corrected chi connectivity index (χ1v) is 14.6. The smallest absolute Gasteiger partial charge is 0.0802 e. The summed E-state index contributed by atoms with van der Waals surface area (Å²) in [5.74, 6) is 0. The van der Waals surface area contributed by atoms with Crippen LogP contribution in [-0.2, 0) is 0 Å². The fourth-order valence-electron chi connectivity index (χ4n) is 6.62. The van der Waals surface area contributed by atoms with E-state index in [9.17, 15) is 0 Å². The molecule has 0 fully saturated rings. The van der Waals surface area contributed by atoms with Crippen molar-refractivity contribution >= 4 is 54.4 Å². The van der Waals surface area contributed by atoms with Crippen LogP contribution in [0.5, 0.6) is 0 Å². The normalized spacial score (nSPS) is 11.7. The summed E-state index contributed by atoms with van der Waals surface area (Å²) in [6, 6.07) is 50.0. The number of rotatable bonds is 3. The van der Waals surface area contributed by atoms with Crippen LogP contribution in [0.1, 0.15) is 0 Å². The van der Waals surface area contributed by atoms with Crippen molar-refractivity contribution in [3.8, 4) is 27.9 Å². The molecule has 0 saturated carbocycles. The summed E-state index contributed by atoms with van der Waals surface area (Å²) in [4.78, 5) is 9.39. The van der Waals surface area contributed by atoms with Crippen molar-refractivity contribution in [1.29, 1.82) is 0 Å². The number of pyridine rings is 2. The van der Waals surface area contributed by atoms with E-state index in [2.05, 4.69) is 137 Å². The van der Waals surface area contributed by atoms with Crippen molar-refractivity contribution in [1.82, 2.24) is 14.5 Å². The molecule has 0 saturated heterocycles. The van der Waals surface area contributed by atoms with Gasteiger partial charge in [0.15, 0.2) is 0 Å². The van der Waals surface area contributed by atoms with E-state index in [1.165, 1.54) is 60.2 Å². The number of para-hydroxylation sites is 2. The molecule has 6 aromatic carbocycles. The summed E-state index contributed by atoms with van der Waals surface area (Å²) in [5, 5.41) is 7.16. The van der Waals surface area contributed by atoms with Crippen LogP contribution in [0.25, 0.3) is 82.3 Å². The predicted octanol–water partition coefficient (Wildman–Crippen LogP) is 10.4. The molecule has 3 nitrogen and oxygen atoms in total. The summed E-state index contributed by atoms with van der Waals surface area (Å²) >= 11 is 0. The Bertz CT molecular complexity index is 2500. The zero-order valence-corrected chi connectivity index (χ0v) is 23.3. The molecule has 43 heavy (non-hydrogen) atoms. The quantitative estimate of drug-likeness (QED) is 0.220. The van der Waals surface area contributed by atoms with Crippen molar-refractivity contribution in [2.75, 3.05) is 0 Å². The zero-order chi connectivity index (χ0) is 28.3.